The van der Waals surface area contributed by atoms with Gasteiger partial charge in [-0.1, -0.05) is 30.3 Å². The quantitative estimate of drug-likeness (QED) is 0.519. The molecule has 80 valence electrons. The molecule has 3 rings (SSSR count). The molecule has 0 fully saturated rings. The van der Waals surface area contributed by atoms with Crippen LogP contribution in [0.1, 0.15) is 0 Å². The minimum absolute atomic E-state index is 0. The minimum atomic E-state index is 0. The summed E-state index contributed by atoms with van der Waals surface area (Å²) in [5.41, 5.74) is 3.14. The molecule has 0 bridgehead atoms. The van der Waals surface area contributed by atoms with E-state index < -0.39 is 0 Å². The molecule has 0 saturated heterocycles. The Morgan fingerprint density at radius 1 is 0.882 bits per heavy atom. The second kappa shape index (κ2) is 5.27. The van der Waals surface area contributed by atoms with Crippen LogP contribution in [0.5, 0.6) is 0 Å². The van der Waals surface area contributed by atoms with Crippen LogP contribution in [0.2, 0.25) is 0 Å². The Morgan fingerprint density at radius 3 is 2.29 bits per heavy atom. The summed E-state index contributed by atoms with van der Waals surface area (Å²) in [6.45, 7) is 0. The number of fused-ring (bicyclic) bond motifs is 1. The fraction of sp³-hybridized carbons (Fsp3) is 0. The standard InChI is InChI=1S/C13H10N2S.Na.H/c16-13-14-11-8-4-5-9-12(11)15(13)10-6-2-1-3-7-10;;/h1-9H,(H,14,16);;. The van der Waals surface area contributed by atoms with E-state index in [-0.39, 0.29) is 29.6 Å². The SMILES string of the molecule is Sc1nc2ccccc2n1-c1ccccc1.[NaH]. The van der Waals surface area contributed by atoms with E-state index in [2.05, 4.69) is 23.7 Å². The zero-order valence-electron chi connectivity index (χ0n) is 8.54. The molecule has 0 amide bonds. The number of rotatable bonds is 1. The normalized spacial score (nSPS) is 10.2. The van der Waals surface area contributed by atoms with Gasteiger partial charge < -0.3 is 0 Å². The number of nitrogens with zero attached hydrogens (tertiary/aromatic N) is 2. The van der Waals surface area contributed by atoms with E-state index in [9.17, 15) is 0 Å². The molecule has 1 aromatic heterocycles. The van der Waals surface area contributed by atoms with Crippen molar-refractivity contribution in [1.82, 2.24) is 9.55 Å². The van der Waals surface area contributed by atoms with Crippen LogP contribution in [0.25, 0.3) is 16.7 Å². The van der Waals surface area contributed by atoms with Crippen LogP contribution < -0.4 is 0 Å². The van der Waals surface area contributed by atoms with Crippen molar-refractivity contribution in [3.8, 4) is 5.69 Å². The van der Waals surface area contributed by atoms with Gasteiger partial charge in [-0.3, -0.25) is 4.57 Å². The topological polar surface area (TPSA) is 17.8 Å². The number of thiol groups is 1. The predicted octanol–water partition coefficient (Wildman–Crippen LogP) is 2.67. The van der Waals surface area contributed by atoms with Gasteiger partial charge in [-0.2, -0.15) is 0 Å². The molecule has 0 aliphatic carbocycles. The van der Waals surface area contributed by atoms with E-state index >= 15 is 0 Å². The summed E-state index contributed by atoms with van der Waals surface area (Å²) in [6.07, 6.45) is 0. The first-order chi connectivity index (χ1) is 7.86. The van der Waals surface area contributed by atoms with Crippen LogP contribution in [0, 0.1) is 0 Å². The summed E-state index contributed by atoms with van der Waals surface area (Å²) in [5, 5.41) is 0.715. The van der Waals surface area contributed by atoms with Crippen molar-refractivity contribution < 1.29 is 0 Å². The maximum atomic E-state index is 4.42. The molecular formula is C13H11N2NaS. The fourth-order valence-electron chi connectivity index (χ4n) is 1.84. The first-order valence-electron chi connectivity index (χ1n) is 5.08. The summed E-state index contributed by atoms with van der Waals surface area (Å²) >= 11 is 4.42. The first-order valence-corrected chi connectivity index (χ1v) is 5.53. The summed E-state index contributed by atoms with van der Waals surface area (Å²) in [7, 11) is 0. The van der Waals surface area contributed by atoms with Gasteiger partial charge in [0.05, 0.1) is 11.0 Å². The van der Waals surface area contributed by atoms with Crippen molar-refractivity contribution in [2.75, 3.05) is 0 Å². The molecule has 0 atom stereocenters. The van der Waals surface area contributed by atoms with Crippen LogP contribution in [0.3, 0.4) is 0 Å². The first kappa shape index (κ1) is 12.7. The molecular weight excluding hydrogens is 239 g/mol. The predicted molar refractivity (Wildman–Crippen MR) is 75.5 cm³/mol. The van der Waals surface area contributed by atoms with Crippen LogP contribution in [-0.4, -0.2) is 39.1 Å². The Morgan fingerprint density at radius 2 is 1.53 bits per heavy atom. The number of imidazole rings is 1. The molecule has 0 N–H and O–H groups in total. The fourth-order valence-corrected chi connectivity index (χ4v) is 2.18. The maximum absolute atomic E-state index is 4.42. The van der Waals surface area contributed by atoms with Gasteiger partial charge in [0.15, 0.2) is 5.16 Å². The molecule has 2 nitrogen and oxygen atoms in total. The molecule has 0 spiro atoms. The second-order valence-corrected chi connectivity index (χ2v) is 3.97. The number of hydrogen-bond donors (Lipinski definition) is 1. The molecule has 0 aliphatic heterocycles. The van der Waals surface area contributed by atoms with Gasteiger partial charge >= 0.3 is 29.6 Å². The van der Waals surface area contributed by atoms with Crippen molar-refractivity contribution >= 4 is 53.2 Å². The number of aromatic nitrogens is 2. The van der Waals surface area contributed by atoms with Crippen LogP contribution in [0.15, 0.2) is 59.8 Å². The van der Waals surface area contributed by atoms with Crippen molar-refractivity contribution in [2.24, 2.45) is 0 Å². The van der Waals surface area contributed by atoms with Gasteiger partial charge in [-0.05, 0) is 24.3 Å². The molecule has 0 aliphatic rings. The summed E-state index contributed by atoms with van der Waals surface area (Å²) in [6, 6.07) is 18.2. The molecule has 2 aromatic carbocycles. The monoisotopic (exact) mass is 250 g/mol. The van der Waals surface area contributed by atoms with Gasteiger partial charge in [0.25, 0.3) is 0 Å². The Balaban J connectivity index is 0.00000108. The molecule has 0 unspecified atom stereocenters. The van der Waals surface area contributed by atoms with Crippen molar-refractivity contribution in [3.63, 3.8) is 0 Å². The number of benzene rings is 2. The van der Waals surface area contributed by atoms with Crippen LogP contribution in [-0.2, 0) is 0 Å². The number of hydrogen-bond acceptors (Lipinski definition) is 2. The Kier molecular flexibility index (Phi) is 3.94. The average Bonchev–Trinajstić information content (AvgIpc) is 2.66. The molecule has 17 heavy (non-hydrogen) atoms. The van der Waals surface area contributed by atoms with Crippen LogP contribution >= 0.6 is 12.6 Å². The van der Waals surface area contributed by atoms with Gasteiger partial charge in [-0.15, -0.1) is 12.6 Å². The third-order valence-electron chi connectivity index (χ3n) is 2.56. The van der Waals surface area contributed by atoms with Crippen molar-refractivity contribution in [2.45, 2.75) is 5.16 Å². The number of para-hydroxylation sites is 3. The van der Waals surface area contributed by atoms with E-state index in [1.807, 2.05) is 53.1 Å². The van der Waals surface area contributed by atoms with E-state index in [1.54, 1.807) is 0 Å². The van der Waals surface area contributed by atoms with Crippen molar-refractivity contribution in [1.29, 1.82) is 0 Å². The van der Waals surface area contributed by atoms with Gasteiger partial charge in [0, 0.05) is 5.69 Å². The van der Waals surface area contributed by atoms with E-state index in [0.29, 0.717) is 5.16 Å². The third-order valence-corrected chi connectivity index (χ3v) is 2.86. The third kappa shape index (κ3) is 2.29. The molecule has 3 aromatic rings. The zero-order valence-corrected chi connectivity index (χ0v) is 9.43. The van der Waals surface area contributed by atoms with Crippen molar-refractivity contribution in [3.05, 3.63) is 54.6 Å². The Labute approximate surface area is 127 Å². The average molecular weight is 250 g/mol. The van der Waals surface area contributed by atoms with E-state index in [4.69, 9.17) is 0 Å². The second-order valence-electron chi connectivity index (χ2n) is 3.57. The van der Waals surface area contributed by atoms with Gasteiger partial charge in [0.1, 0.15) is 0 Å². The molecule has 1 heterocycles. The molecule has 0 radical (unpaired) electrons. The van der Waals surface area contributed by atoms with E-state index in [1.165, 1.54) is 0 Å². The Hall–Kier alpha value is -0.740. The van der Waals surface area contributed by atoms with Crippen LogP contribution in [0.4, 0.5) is 0 Å². The summed E-state index contributed by atoms with van der Waals surface area (Å²) in [4.78, 5) is 4.42. The molecule has 4 heteroatoms. The Bertz CT molecular complexity index is 634. The summed E-state index contributed by atoms with van der Waals surface area (Å²) in [5.74, 6) is 0. The van der Waals surface area contributed by atoms with Gasteiger partial charge in [0.2, 0.25) is 0 Å². The molecule has 0 saturated carbocycles. The summed E-state index contributed by atoms with van der Waals surface area (Å²) < 4.78 is 2.04. The zero-order chi connectivity index (χ0) is 11.0. The van der Waals surface area contributed by atoms with E-state index in [0.717, 1.165) is 16.7 Å². The van der Waals surface area contributed by atoms with Gasteiger partial charge in [-0.25, -0.2) is 4.98 Å².